The van der Waals surface area contributed by atoms with Gasteiger partial charge in [0.15, 0.2) is 0 Å². The summed E-state index contributed by atoms with van der Waals surface area (Å²) in [5, 5.41) is 2.32. The first-order valence-electron chi connectivity index (χ1n) is 8.27. The van der Waals surface area contributed by atoms with E-state index in [1.54, 1.807) is 28.7 Å². The number of rotatable bonds is 2. The highest BCUT2D eigenvalue weighted by Gasteiger charge is 2.52. The first-order valence-corrected chi connectivity index (χ1v) is 8.27. The number of nitrogens with one attached hydrogen (secondary N) is 1. The first kappa shape index (κ1) is 15.1. The van der Waals surface area contributed by atoms with Crippen LogP contribution in [0.25, 0.3) is 0 Å². The van der Waals surface area contributed by atoms with Crippen LogP contribution in [-0.2, 0) is 9.59 Å². The minimum atomic E-state index is -0.815. The number of aromatic nitrogens is 1. The Hall–Kier alpha value is -2.44. The number of carbonyl (C=O) groups is 3. The Morgan fingerprint density at radius 3 is 2.67 bits per heavy atom. The van der Waals surface area contributed by atoms with Crippen molar-refractivity contribution in [3.05, 3.63) is 33.7 Å². The summed E-state index contributed by atoms with van der Waals surface area (Å²) in [4.78, 5) is 50.7. The Bertz CT molecular complexity index is 824. The minimum absolute atomic E-state index is 0.121. The van der Waals surface area contributed by atoms with Gasteiger partial charge in [-0.05, 0) is 37.8 Å². The van der Waals surface area contributed by atoms with Crippen LogP contribution < -0.4 is 10.9 Å². The molecule has 1 aromatic rings. The zero-order valence-corrected chi connectivity index (χ0v) is 13.5. The molecule has 7 heteroatoms. The van der Waals surface area contributed by atoms with Gasteiger partial charge in [0.05, 0.1) is 5.41 Å². The van der Waals surface area contributed by atoms with Crippen molar-refractivity contribution in [1.29, 1.82) is 0 Å². The summed E-state index contributed by atoms with van der Waals surface area (Å²) in [7, 11) is 0. The molecule has 1 N–H and O–H groups in total. The van der Waals surface area contributed by atoms with Crippen molar-refractivity contribution in [3.63, 3.8) is 0 Å². The van der Waals surface area contributed by atoms with Crippen molar-refractivity contribution in [2.45, 2.75) is 38.6 Å². The van der Waals surface area contributed by atoms with E-state index < -0.39 is 5.41 Å². The topological polar surface area (TPSA) is 88.5 Å². The number of aryl methyl sites for hydroxylation is 1. The van der Waals surface area contributed by atoms with Gasteiger partial charge < -0.3 is 9.47 Å². The summed E-state index contributed by atoms with van der Waals surface area (Å²) in [6, 6.07) is 2.00. The Morgan fingerprint density at radius 2 is 2.04 bits per heavy atom. The second-order valence-corrected chi connectivity index (χ2v) is 7.13. The average molecular weight is 329 g/mol. The molecule has 2 aliphatic heterocycles. The molecule has 126 valence electrons. The summed E-state index contributed by atoms with van der Waals surface area (Å²) in [5.41, 5.74) is -0.235. The van der Waals surface area contributed by atoms with Crippen molar-refractivity contribution in [3.8, 4) is 0 Å². The Kier molecular flexibility index (Phi) is 3.16. The third-order valence-corrected chi connectivity index (χ3v) is 5.36. The number of hydrogen-bond acceptors (Lipinski definition) is 4. The predicted octanol–water partition coefficient (Wildman–Crippen LogP) is 0.370. The fourth-order valence-corrected chi connectivity index (χ4v) is 3.77. The maximum atomic E-state index is 12.9. The maximum Gasteiger partial charge on any atom is 0.263 e. The van der Waals surface area contributed by atoms with Gasteiger partial charge in [-0.25, -0.2) is 0 Å². The van der Waals surface area contributed by atoms with E-state index in [4.69, 9.17) is 0 Å². The quantitative estimate of drug-likeness (QED) is 0.794. The van der Waals surface area contributed by atoms with Crippen molar-refractivity contribution >= 4 is 17.7 Å². The largest absolute Gasteiger partial charge is 0.337 e. The lowest BCUT2D eigenvalue weighted by Gasteiger charge is -2.21. The second-order valence-electron chi connectivity index (χ2n) is 7.13. The lowest BCUT2D eigenvalue weighted by atomic mass is 9.85. The van der Waals surface area contributed by atoms with Crippen LogP contribution in [0, 0.1) is 12.3 Å². The zero-order valence-electron chi connectivity index (χ0n) is 13.5. The smallest absolute Gasteiger partial charge is 0.263 e. The van der Waals surface area contributed by atoms with E-state index in [1.807, 2.05) is 0 Å². The molecule has 3 heterocycles. The molecule has 24 heavy (non-hydrogen) atoms. The minimum Gasteiger partial charge on any atom is -0.337 e. The Morgan fingerprint density at radius 1 is 1.29 bits per heavy atom. The van der Waals surface area contributed by atoms with Crippen LogP contribution in [-0.4, -0.2) is 40.3 Å². The Labute approximate surface area is 138 Å². The molecule has 1 aromatic heterocycles. The molecule has 1 spiro atoms. The molecule has 0 bridgehead atoms. The van der Waals surface area contributed by atoms with E-state index in [9.17, 15) is 19.2 Å². The molecular formula is C17H19N3O4. The van der Waals surface area contributed by atoms with Gasteiger partial charge in [-0.15, -0.1) is 0 Å². The normalized spacial score (nSPS) is 26.3. The molecule has 3 amide bonds. The zero-order chi connectivity index (χ0) is 17.1. The number of nitrogens with zero attached hydrogens (tertiary/aromatic N) is 2. The lowest BCUT2D eigenvalue weighted by Crippen LogP contribution is -2.39. The number of amides is 3. The molecule has 1 aliphatic carbocycles. The third kappa shape index (κ3) is 2.18. The molecule has 3 fully saturated rings. The second kappa shape index (κ2) is 5.03. The molecule has 0 aromatic carbocycles. The molecular weight excluding hydrogens is 310 g/mol. The monoisotopic (exact) mass is 329 g/mol. The number of carbonyl (C=O) groups excluding carboxylic acids is 3. The standard InChI is InChI=1S/C17H19N3O4/c1-10-4-6-20(11-2-3-11)15(23)13(10)14(22)19-7-5-17(9-19)8-12(21)18-16(17)24/h4,6,11H,2-3,5,7-9H2,1H3,(H,18,21,24). The molecule has 4 rings (SSSR count). The SMILES string of the molecule is Cc1ccn(C2CC2)c(=O)c1C(=O)N1CCC2(CC(=O)NC2=O)C1. The van der Waals surface area contributed by atoms with Crippen LogP contribution >= 0.6 is 0 Å². The molecule has 1 atom stereocenters. The molecule has 7 nitrogen and oxygen atoms in total. The molecule has 0 radical (unpaired) electrons. The summed E-state index contributed by atoms with van der Waals surface area (Å²) < 4.78 is 1.64. The van der Waals surface area contributed by atoms with E-state index in [2.05, 4.69) is 5.32 Å². The highest BCUT2D eigenvalue weighted by atomic mass is 16.2. The summed E-state index contributed by atoms with van der Waals surface area (Å²) >= 11 is 0. The van der Waals surface area contributed by atoms with E-state index in [0.29, 0.717) is 18.5 Å². The van der Waals surface area contributed by atoms with Crippen molar-refractivity contribution in [1.82, 2.24) is 14.8 Å². The van der Waals surface area contributed by atoms with Crippen LogP contribution in [0.3, 0.4) is 0 Å². The van der Waals surface area contributed by atoms with Gasteiger partial charge >= 0.3 is 0 Å². The highest BCUT2D eigenvalue weighted by Crippen LogP contribution is 2.38. The fraction of sp³-hybridized carbons (Fsp3) is 0.529. The molecule has 1 unspecified atom stereocenters. The number of hydrogen-bond donors (Lipinski definition) is 1. The van der Waals surface area contributed by atoms with Crippen molar-refractivity contribution < 1.29 is 14.4 Å². The van der Waals surface area contributed by atoms with Gasteiger partial charge in [0.2, 0.25) is 11.8 Å². The van der Waals surface area contributed by atoms with E-state index >= 15 is 0 Å². The first-order chi connectivity index (χ1) is 11.4. The lowest BCUT2D eigenvalue weighted by molar-refractivity contribution is -0.128. The van der Waals surface area contributed by atoms with Gasteiger partial charge in [-0.2, -0.15) is 0 Å². The van der Waals surface area contributed by atoms with Gasteiger partial charge in [-0.1, -0.05) is 0 Å². The predicted molar refractivity (Wildman–Crippen MR) is 84.4 cm³/mol. The van der Waals surface area contributed by atoms with E-state index in [-0.39, 0.29) is 47.9 Å². The van der Waals surface area contributed by atoms with Crippen molar-refractivity contribution in [2.75, 3.05) is 13.1 Å². The molecule has 3 aliphatic rings. The van der Waals surface area contributed by atoms with Gasteiger partial charge in [0.1, 0.15) is 5.56 Å². The molecule has 2 saturated heterocycles. The number of imide groups is 1. The maximum absolute atomic E-state index is 12.9. The van der Waals surface area contributed by atoms with Gasteiger partial charge in [0, 0.05) is 31.7 Å². The average Bonchev–Trinajstić information content (AvgIpc) is 3.20. The number of pyridine rings is 1. The highest BCUT2D eigenvalue weighted by molar-refractivity contribution is 6.07. The van der Waals surface area contributed by atoms with E-state index in [1.165, 1.54) is 0 Å². The fourth-order valence-electron chi connectivity index (χ4n) is 3.77. The summed E-state index contributed by atoms with van der Waals surface area (Å²) in [6.45, 7) is 2.33. The van der Waals surface area contributed by atoms with Gasteiger partial charge in [-0.3, -0.25) is 24.5 Å². The van der Waals surface area contributed by atoms with E-state index in [0.717, 1.165) is 12.8 Å². The van der Waals surface area contributed by atoms with Crippen LogP contribution in [0.1, 0.15) is 47.6 Å². The van der Waals surface area contributed by atoms with Crippen LogP contribution in [0.15, 0.2) is 17.1 Å². The third-order valence-electron chi connectivity index (χ3n) is 5.36. The Balaban J connectivity index is 1.64. The van der Waals surface area contributed by atoms with Crippen LogP contribution in [0.4, 0.5) is 0 Å². The molecule has 1 saturated carbocycles. The summed E-state index contributed by atoms with van der Waals surface area (Å²) in [6.07, 6.45) is 4.26. The van der Waals surface area contributed by atoms with Gasteiger partial charge in [0.25, 0.3) is 11.5 Å². The summed E-state index contributed by atoms with van der Waals surface area (Å²) in [5.74, 6) is -0.930. The van der Waals surface area contributed by atoms with Crippen molar-refractivity contribution in [2.24, 2.45) is 5.41 Å². The van der Waals surface area contributed by atoms with Crippen LogP contribution in [0.5, 0.6) is 0 Å². The van der Waals surface area contributed by atoms with Crippen LogP contribution in [0.2, 0.25) is 0 Å². The number of likely N-dealkylation sites (tertiary alicyclic amines) is 1.